The van der Waals surface area contributed by atoms with Gasteiger partial charge in [0.2, 0.25) is 5.91 Å². The van der Waals surface area contributed by atoms with Crippen LogP contribution in [0.5, 0.6) is 0 Å². The average Bonchev–Trinajstić information content (AvgIpc) is 3.01. The van der Waals surface area contributed by atoms with Crippen LogP contribution in [0.4, 0.5) is 0 Å². The summed E-state index contributed by atoms with van der Waals surface area (Å²) in [5.41, 5.74) is 0. The van der Waals surface area contributed by atoms with Gasteiger partial charge in [0.15, 0.2) is 0 Å². The van der Waals surface area contributed by atoms with Crippen LogP contribution in [0.15, 0.2) is 12.1 Å². The first-order valence-electron chi connectivity index (χ1n) is 7.45. The Morgan fingerprint density at radius 2 is 1.95 bits per heavy atom. The first-order valence-corrected chi connectivity index (χ1v) is 8.64. The number of rotatable bonds is 3. The van der Waals surface area contributed by atoms with Crippen molar-refractivity contribution in [3.8, 4) is 0 Å². The van der Waals surface area contributed by atoms with Crippen LogP contribution in [0.1, 0.15) is 24.1 Å². The molecular weight excluding hydrogens is 327 g/mol. The smallest absolute Gasteiger partial charge is 0.222 e. The van der Waals surface area contributed by atoms with E-state index in [1.165, 1.54) is 4.88 Å². The van der Waals surface area contributed by atoms with Crippen LogP contribution in [0.2, 0.25) is 4.34 Å². The third-order valence-electron chi connectivity index (χ3n) is 4.59. The van der Waals surface area contributed by atoms with Crippen molar-refractivity contribution in [2.45, 2.75) is 25.7 Å². The Morgan fingerprint density at radius 3 is 2.52 bits per heavy atom. The van der Waals surface area contributed by atoms with Gasteiger partial charge in [-0.3, -0.25) is 4.79 Å². The van der Waals surface area contributed by atoms with Gasteiger partial charge in [-0.25, -0.2) is 0 Å². The fraction of sp³-hybridized carbons (Fsp3) is 0.667. The Kier molecular flexibility index (Phi) is 6.35. The maximum Gasteiger partial charge on any atom is 0.222 e. The van der Waals surface area contributed by atoms with E-state index in [9.17, 15) is 4.79 Å². The predicted octanol–water partition coefficient (Wildman–Crippen LogP) is 3.21. The molecule has 3 rings (SSSR count). The summed E-state index contributed by atoms with van der Waals surface area (Å²) in [4.78, 5) is 15.6. The number of nitrogens with one attached hydrogen (secondary N) is 1. The van der Waals surface area contributed by atoms with E-state index in [2.05, 4.69) is 10.2 Å². The highest BCUT2D eigenvalue weighted by molar-refractivity contribution is 7.16. The van der Waals surface area contributed by atoms with Gasteiger partial charge in [0, 0.05) is 24.4 Å². The first-order chi connectivity index (χ1) is 9.72. The molecule has 0 aromatic carbocycles. The molecule has 118 valence electrons. The zero-order valence-corrected chi connectivity index (χ0v) is 14.4. The Bertz CT molecular complexity index is 466. The van der Waals surface area contributed by atoms with Gasteiger partial charge in [-0.2, -0.15) is 0 Å². The van der Waals surface area contributed by atoms with Crippen molar-refractivity contribution in [3.05, 3.63) is 21.3 Å². The van der Waals surface area contributed by atoms with E-state index in [1.807, 2.05) is 12.1 Å². The average molecular weight is 349 g/mol. The van der Waals surface area contributed by atoms with Crippen LogP contribution in [0.3, 0.4) is 0 Å². The molecule has 1 N–H and O–H groups in total. The van der Waals surface area contributed by atoms with E-state index in [0.717, 1.165) is 61.6 Å². The fourth-order valence-corrected chi connectivity index (χ4v) is 4.43. The number of amides is 1. The maximum absolute atomic E-state index is 12.3. The molecule has 2 aliphatic rings. The Balaban J connectivity index is 0.00000161. The van der Waals surface area contributed by atoms with Gasteiger partial charge in [-0.15, -0.1) is 23.7 Å². The molecule has 0 bridgehead atoms. The summed E-state index contributed by atoms with van der Waals surface area (Å²) >= 11 is 7.50. The third kappa shape index (κ3) is 4.35. The highest BCUT2D eigenvalue weighted by atomic mass is 35.5. The largest absolute Gasteiger partial charge is 0.343 e. The summed E-state index contributed by atoms with van der Waals surface area (Å²) in [6.07, 6.45) is 3.76. The summed E-state index contributed by atoms with van der Waals surface area (Å²) in [5, 5.41) is 3.47. The summed E-state index contributed by atoms with van der Waals surface area (Å²) in [7, 11) is 0. The molecular formula is C15H22Cl2N2OS. The normalized spacial score (nSPS) is 25.1. The lowest BCUT2D eigenvalue weighted by Crippen LogP contribution is -2.32. The Labute approximate surface area is 141 Å². The van der Waals surface area contributed by atoms with Crippen molar-refractivity contribution in [1.82, 2.24) is 10.2 Å². The molecule has 2 atom stereocenters. The first kappa shape index (κ1) is 17.1. The van der Waals surface area contributed by atoms with E-state index < -0.39 is 0 Å². The van der Waals surface area contributed by atoms with Crippen LogP contribution < -0.4 is 5.32 Å². The molecule has 0 spiro atoms. The lowest BCUT2D eigenvalue weighted by molar-refractivity contribution is -0.131. The number of hydrogen-bond donors (Lipinski definition) is 1. The molecule has 2 saturated heterocycles. The molecule has 2 aliphatic heterocycles. The van der Waals surface area contributed by atoms with E-state index in [-0.39, 0.29) is 12.4 Å². The van der Waals surface area contributed by atoms with Gasteiger partial charge in [-0.05, 0) is 56.3 Å². The minimum Gasteiger partial charge on any atom is -0.343 e. The van der Waals surface area contributed by atoms with E-state index in [1.54, 1.807) is 11.3 Å². The molecule has 21 heavy (non-hydrogen) atoms. The molecule has 1 amide bonds. The van der Waals surface area contributed by atoms with Gasteiger partial charge in [0.25, 0.3) is 0 Å². The van der Waals surface area contributed by atoms with Gasteiger partial charge >= 0.3 is 0 Å². The van der Waals surface area contributed by atoms with Crippen molar-refractivity contribution in [2.24, 2.45) is 11.8 Å². The van der Waals surface area contributed by atoms with E-state index >= 15 is 0 Å². The van der Waals surface area contributed by atoms with E-state index in [0.29, 0.717) is 12.3 Å². The Morgan fingerprint density at radius 1 is 1.29 bits per heavy atom. The number of likely N-dealkylation sites (tertiary alicyclic amines) is 1. The quantitative estimate of drug-likeness (QED) is 0.909. The number of nitrogens with zero attached hydrogens (tertiary/aromatic N) is 1. The number of carbonyl (C=O) groups is 1. The summed E-state index contributed by atoms with van der Waals surface area (Å²) in [6, 6.07) is 3.94. The molecule has 6 heteroatoms. The molecule has 3 nitrogen and oxygen atoms in total. The molecule has 0 aliphatic carbocycles. The SMILES string of the molecule is Cl.O=C(CCc1ccc(Cl)s1)N1CC[C@@H]2CNC[C@@H]2CC1. The highest BCUT2D eigenvalue weighted by Gasteiger charge is 2.31. The second-order valence-corrected chi connectivity index (χ2v) is 7.64. The number of aryl methyl sites for hydroxylation is 1. The second-order valence-electron chi connectivity index (χ2n) is 5.84. The molecule has 2 fully saturated rings. The van der Waals surface area contributed by atoms with E-state index in [4.69, 9.17) is 11.6 Å². The van der Waals surface area contributed by atoms with Crippen molar-refractivity contribution >= 4 is 41.3 Å². The van der Waals surface area contributed by atoms with Crippen LogP contribution in [0, 0.1) is 11.8 Å². The van der Waals surface area contributed by atoms with Gasteiger partial charge in [0.1, 0.15) is 0 Å². The topological polar surface area (TPSA) is 32.3 Å². The van der Waals surface area contributed by atoms with Gasteiger partial charge in [-0.1, -0.05) is 11.6 Å². The molecule has 0 unspecified atom stereocenters. The lowest BCUT2D eigenvalue weighted by atomic mass is 9.92. The zero-order valence-electron chi connectivity index (χ0n) is 12.0. The van der Waals surface area contributed by atoms with Crippen LogP contribution in [-0.2, 0) is 11.2 Å². The number of halogens is 2. The molecule has 0 radical (unpaired) electrons. The monoisotopic (exact) mass is 348 g/mol. The summed E-state index contributed by atoms with van der Waals surface area (Å²) in [5.74, 6) is 1.87. The summed E-state index contributed by atoms with van der Waals surface area (Å²) in [6.45, 7) is 4.15. The summed E-state index contributed by atoms with van der Waals surface area (Å²) < 4.78 is 0.808. The number of hydrogen-bond acceptors (Lipinski definition) is 3. The van der Waals surface area contributed by atoms with Gasteiger partial charge in [0.05, 0.1) is 4.34 Å². The van der Waals surface area contributed by atoms with Crippen molar-refractivity contribution in [3.63, 3.8) is 0 Å². The standard InChI is InChI=1S/C15H21ClN2OS.ClH/c16-14-3-1-13(20-14)2-4-15(19)18-7-5-11-9-17-10-12(11)6-8-18;/h1,3,11-12,17H,2,4-10H2;1H/t11-,12+;. The highest BCUT2D eigenvalue weighted by Crippen LogP contribution is 2.28. The predicted molar refractivity (Wildman–Crippen MR) is 90.6 cm³/mol. The number of fused-ring (bicyclic) bond motifs is 1. The number of carbonyl (C=O) groups excluding carboxylic acids is 1. The molecule has 0 saturated carbocycles. The number of thiophene rings is 1. The minimum atomic E-state index is 0. The van der Waals surface area contributed by atoms with Crippen molar-refractivity contribution < 1.29 is 4.79 Å². The van der Waals surface area contributed by atoms with Crippen LogP contribution in [-0.4, -0.2) is 37.0 Å². The zero-order chi connectivity index (χ0) is 13.9. The van der Waals surface area contributed by atoms with Gasteiger partial charge < -0.3 is 10.2 Å². The second kappa shape index (κ2) is 7.82. The fourth-order valence-electron chi connectivity index (χ4n) is 3.34. The lowest BCUT2D eigenvalue weighted by Gasteiger charge is -2.20. The minimum absolute atomic E-state index is 0. The van der Waals surface area contributed by atoms with Crippen molar-refractivity contribution in [2.75, 3.05) is 26.2 Å². The molecule has 1 aromatic heterocycles. The van der Waals surface area contributed by atoms with Crippen LogP contribution in [0.25, 0.3) is 0 Å². The van der Waals surface area contributed by atoms with Crippen LogP contribution >= 0.6 is 35.3 Å². The molecule has 3 heterocycles. The maximum atomic E-state index is 12.3. The Hall–Kier alpha value is -0.290. The third-order valence-corrected chi connectivity index (χ3v) is 5.88. The molecule has 1 aromatic rings. The van der Waals surface area contributed by atoms with Crippen molar-refractivity contribution in [1.29, 1.82) is 0 Å².